The largest absolute Gasteiger partial charge is 0.503 e. The second-order valence-electron chi connectivity index (χ2n) is 5.81. The molecule has 1 aliphatic rings. The molecule has 1 aliphatic heterocycles. The number of amidine groups is 1. The van der Waals surface area contributed by atoms with Crippen LogP contribution in [0.1, 0.15) is 19.4 Å². The summed E-state index contributed by atoms with van der Waals surface area (Å²) in [5, 5.41) is 10.6. The molecule has 1 amide bonds. The van der Waals surface area contributed by atoms with Gasteiger partial charge in [-0.1, -0.05) is 0 Å². The standard InChI is InChI=1S/C20H18BrFN2O3S/c1-3-24-19(26)17(28-20(24)23-14-7-5-13(22)6-8-14)11-12-9-15(21)18(25)16(10-12)27-4-2/h5-11,25H,3-4H2,1-2H3/b17-11+,23-20?. The Labute approximate surface area is 175 Å². The average Bonchev–Trinajstić information content (AvgIpc) is 2.95. The molecule has 0 aliphatic carbocycles. The molecule has 0 atom stereocenters. The van der Waals surface area contributed by atoms with E-state index in [1.54, 1.807) is 35.2 Å². The zero-order valence-electron chi connectivity index (χ0n) is 15.3. The number of thioether (sulfide) groups is 1. The Balaban J connectivity index is 1.95. The number of rotatable bonds is 5. The summed E-state index contributed by atoms with van der Waals surface area (Å²) in [5.74, 6) is -0.138. The summed E-state index contributed by atoms with van der Waals surface area (Å²) in [6.45, 7) is 4.57. The van der Waals surface area contributed by atoms with Gasteiger partial charge in [0.1, 0.15) is 5.82 Å². The van der Waals surface area contributed by atoms with E-state index in [4.69, 9.17) is 4.74 Å². The Morgan fingerprint density at radius 3 is 2.64 bits per heavy atom. The van der Waals surface area contributed by atoms with Crippen LogP contribution in [0.4, 0.5) is 10.1 Å². The zero-order chi connectivity index (χ0) is 20.3. The average molecular weight is 465 g/mol. The van der Waals surface area contributed by atoms with Crippen molar-refractivity contribution in [1.82, 2.24) is 4.90 Å². The maximum Gasteiger partial charge on any atom is 0.266 e. The third-order valence-corrected chi connectivity index (χ3v) is 5.52. The van der Waals surface area contributed by atoms with Gasteiger partial charge in [-0.2, -0.15) is 0 Å². The lowest BCUT2D eigenvalue weighted by Crippen LogP contribution is -2.28. The van der Waals surface area contributed by atoms with E-state index >= 15 is 0 Å². The van der Waals surface area contributed by atoms with Crippen LogP contribution in [0.25, 0.3) is 6.08 Å². The van der Waals surface area contributed by atoms with Crippen LogP contribution < -0.4 is 4.74 Å². The quantitative estimate of drug-likeness (QED) is 0.608. The molecule has 0 saturated carbocycles. The summed E-state index contributed by atoms with van der Waals surface area (Å²) in [4.78, 5) is 19.3. The topological polar surface area (TPSA) is 62.1 Å². The molecule has 0 bridgehead atoms. The Bertz CT molecular complexity index is 961. The summed E-state index contributed by atoms with van der Waals surface area (Å²) in [6.07, 6.45) is 1.73. The van der Waals surface area contributed by atoms with E-state index in [0.29, 0.717) is 44.7 Å². The minimum atomic E-state index is -0.338. The van der Waals surface area contributed by atoms with Gasteiger partial charge in [0, 0.05) is 6.54 Å². The summed E-state index contributed by atoms with van der Waals surface area (Å²) >= 11 is 4.55. The van der Waals surface area contributed by atoms with Crippen molar-refractivity contribution in [3.8, 4) is 11.5 Å². The smallest absolute Gasteiger partial charge is 0.266 e. The molecule has 2 aromatic rings. The molecular weight excluding hydrogens is 447 g/mol. The first-order valence-electron chi connectivity index (χ1n) is 8.64. The minimum absolute atomic E-state index is 0.0168. The number of amides is 1. The Morgan fingerprint density at radius 2 is 2.00 bits per heavy atom. The molecule has 1 heterocycles. The van der Waals surface area contributed by atoms with Crippen molar-refractivity contribution in [2.75, 3.05) is 13.2 Å². The van der Waals surface area contributed by atoms with Crippen molar-refractivity contribution in [3.63, 3.8) is 0 Å². The van der Waals surface area contributed by atoms with E-state index in [9.17, 15) is 14.3 Å². The molecule has 5 nitrogen and oxygen atoms in total. The van der Waals surface area contributed by atoms with Crippen LogP contribution in [0.5, 0.6) is 11.5 Å². The summed E-state index contributed by atoms with van der Waals surface area (Å²) in [5.41, 5.74) is 1.28. The molecule has 1 saturated heterocycles. The number of hydrogen-bond donors (Lipinski definition) is 1. The maximum absolute atomic E-state index is 13.1. The first kappa shape index (κ1) is 20.4. The van der Waals surface area contributed by atoms with Crippen LogP contribution in [0.2, 0.25) is 0 Å². The third-order valence-electron chi connectivity index (χ3n) is 3.90. The Hall–Kier alpha value is -2.32. The number of phenols is 1. The van der Waals surface area contributed by atoms with Gasteiger partial charge in [-0.05, 0) is 89.6 Å². The van der Waals surface area contributed by atoms with Crippen LogP contribution in [0.15, 0.2) is 50.8 Å². The Kier molecular flexibility index (Phi) is 6.41. The van der Waals surface area contributed by atoms with Crippen LogP contribution in [-0.2, 0) is 4.79 Å². The fraction of sp³-hybridized carbons (Fsp3) is 0.200. The van der Waals surface area contributed by atoms with Gasteiger partial charge in [-0.15, -0.1) is 0 Å². The molecule has 0 unspecified atom stereocenters. The molecule has 0 aromatic heterocycles. The highest BCUT2D eigenvalue weighted by molar-refractivity contribution is 9.10. The van der Waals surface area contributed by atoms with Crippen LogP contribution in [0, 0.1) is 5.82 Å². The van der Waals surface area contributed by atoms with E-state index in [2.05, 4.69) is 20.9 Å². The number of carbonyl (C=O) groups is 1. The Morgan fingerprint density at radius 1 is 1.29 bits per heavy atom. The highest BCUT2D eigenvalue weighted by Crippen LogP contribution is 2.38. The maximum atomic E-state index is 13.1. The molecule has 8 heteroatoms. The molecule has 0 radical (unpaired) electrons. The normalized spacial score (nSPS) is 17.0. The number of ether oxygens (including phenoxy) is 1. The first-order chi connectivity index (χ1) is 13.4. The SMILES string of the molecule is CCOc1cc(/C=C2/SC(=Nc3ccc(F)cc3)N(CC)C2=O)cc(Br)c1O. The fourth-order valence-corrected chi connectivity index (χ4v) is 4.11. The number of carbonyl (C=O) groups excluding carboxylic acids is 1. The predicted octanol–water partition coefficient (Wildman–Crippen LogP) is 5.32. The highest BCUT2D eigenvalue weighted by atomic mass is 79.9. The summed E-state index contributed by atoms with van der Waals surface area (Å²) < 4.78 is 19.0. The number of benzene rings is 2. The van der Waals surface area contributed by atoms with Crippen LogP contribution >= 0.6 is 27.7 Å². The molecular formula is C20H18BrFN2O3S. The second kappa shape index (κ2) is 8.79. The van der Waals surface area contributed by atoms with E-state index in [-0.39, 0.29) is 17.5 Å². The van der Waals surface area contributed by atoms with E-state index in [1.807, 2.05) is 13.8 Å². The van der Waals surface area contributed by atoms with E-state index in [1.165, 1.54) is 23.9 Å². The predicted molar refractivity (Wildman–Crippen MR) is 113 cm³/mol. The molecule has 28 heavy (non-hydrogen) atoms. The minimum Gasteiger partial charge on any atom is -0.503 e. The molecule has 1 fully saturated rings. The van der Waals surface area contributed by atoms with Crippen molar-refractivity contribution >= 4 is 50.5 Å². The van der Waals surface area contributed by atoms with Crippen molar-refractivity contribution in [1.29, 1.82) is 0 Å². The summed E-state index contributed by atoms with van der Waals surface area (Å²) in [6, 6.07) is 9.18. The van der Waals surface area contributed by atoms with Gasteiger partial charge in [-0.3, -0.25) is 9.69 Å². The van der Waals surface area contributed by atoms with Gasteiger partial charge in [-0.25, -0.2) is 9.38 Å². The first-order valence-corrected chi connectivity index (χ1v) is 10.2. The lowest BCUT2D eigenvalue weighted by atomic mass is 10.2. The number of aliphatic imine (C=N–C) groups is 1. The van der Waals surface area contributed by atoms with Gasteiger partial charge < -0.3 is 9.84 Å². The molecule has 1 N–H and O–H groups in total. The van der Waals surface area contributed by atoms with Crippen LogP contribution in [0.3, 0.4) is 0 Å². The molecule has 2 aromatic carbocycles. The van der Waals surface area contributed by atoms with E-state index in [0.717, 1.165) is 0 Å². The number of halogens is 2. The fourth-order valence-electron chi connectivity index (χ4n) is 2.59. The lowest BCUT2D eigenvalue weighted by molar-refractivity contribution is -0.122. The number of phenolic OH excluding ortho intramolecular Hbond substituents is 1. The second-order valence-corrected chi connectivity index (χ2v) is 7.68. The number of hydrogen-bond acceptors (Lipinski definition) is 5. The van der Waals surface area contributed by atoms with Crippen molar-refractivity contribution in [2.24, 2.45) is 4.99 Å². The molecule has 146 valence electrons. The number of likely N-dealkylation sites (N-methyl/N-ethyl adjacent to an activating group) is 1. The van der Waals surface area contributed by atoms with Crippen molar-refractivity contribution in [3.05, 3.63) is 57.2 Å². The third kappa shape index (κ3) is 4.39. The highest BCUT2D eigenvalue weighted by Gasteiger charge is 2.32. The summed E-state index contributed by atoms with van der Waals surface area (Å²) in [7, 11) is 0. The number of nitrogens with zero attached hydrogens (tertiary/aromatic N) is 2. The van der Waals surface area contributed by atoms with Gasteiger partial charge in [0.05, 0.1) is 21.7 Å². The molecule has 3 rings (SSSR count). The van der Waals surface area contributed by atoms with Crippen molar-refractivity contribution < 1.29 is 19.0 Å². The van der Waals surface area contributed by atoms with Gasteiger partial charge >= 0.3 is 0 Å². The number of aromatic hydroxyl groups is 1. The zero-order valence-corrected chi connectivity index (χ0v) is 17.7. The van der Waals surface area contributed by atoms with Crippen molar-refractivity contribution in [2.45, 2.75) is 13.8 Å². The van der Waals surface area contributed by atoms with Gasteiger partial charge in [0.25, 0.3) is 5.91 Å². The van der Waals surface area contributed by atoms with E-state index < -0.39 is 0 Å². The van der Waals surface area contributed by atoms with Gasteiger partial charge in [0.2, 0.25) is 0 Å². The van der Waals surface area contributed by atoms with Gasteiger partial charge in [0.15, 0.2) is 16.7 Å². The lowest BCUT2D eigenvalue weighted by Gasteiger charge is -2.12. The molecule has 0 spiro atoms. The van der Waals surface area contributed by atoms with Crippen LogP contribution in [-0.4, -0.2) is 34.2 Å². The monoisotopic (exact) mass is 464 g/mol.